The second-order valence-corrected chi connectivity index (χ2v) is 7.96. The minimum atomic E-state index is -1.57. The molecule has 0 aromatic heterocycles. The summed E-state index contributed by atoms with van der Waals surface area (Å²) in [4.78, 5) is 59.9. The number of aliphatic hydroxyl groups excluding tert-OH is 1. The fourth-order valence-corrected chi connectivity index (χ4v) is 3.13. The Balaban J connectivity index is 2.93. The smallest absolute Gasteiger partial charge is 0.327 e. The zero-order chi connectivity index (χ0) is 25.8. The Hall–Kier alpha value is -3.16. The highest BCUT2D eigenvalue weighted by molar-refractivity contribution is 7.80. The van der Waals surface area contributed by atoms with Gasteiger partial charge in [-0.3, -0.25) is 19.2 Å². The van der Waals surface area contributed by atoms with Crippen LogP contribution in [-0.4, -0.2) is 81.0 Å². The molecular weight excluding hydrogens is 468 g/mol. The average molecular weight is 499 g/mol. The van der Waals surface area contributed by atoms with E-state index in [2.05, 4.69) is 28.6 Å². The fourth-order valence-electron chi connectivity index (χ4n) is 2.88. The predicted octanol–water partition coefficient (Wildman–Crippen LogP) is -1.73. The van der Waals surface area contributed by atoms with E-state index >= 15 is 0 Å². The van der Waals surface area contributed by atoms with Crippen LogP contribution in [0.1, 0.15) is 25.3 Å². The van der Waals surface area contributed by atoms with Gasteiger partial charge >= 0.3 is 11.9 Å². The van der Waals surface area contributed by atoms with Gasteiger partial charge in [-0.05, 0) is 25.3 Å². The number of amides is 3. The van der Waals surface area contributed by atoms with Crippen molar-refractivity contribution in [2.24, 2.45) is 5.73 Å². The summed E-state index contributed by atoms with van der Waals surface area (Å²) >= 11 is 3.83. The molecule has 8 N–H and O–H groups in total. The van der Waals surface area contributed by atoms with Crippen molar-refractivity contribution in [1.29, 1.82) is 0 Å². The molecule has 1 aromatic carbocycles. The van der Waals surface area contributed by atoms with Gasteiger partial charge in [0, 0.05) is 12.2 Å². The fraction of sp³-hybridized carbons (Fsp3) is 0.476. The van der Waals surface area contributed by atoms with Gasteiger partial charge in [0.15, 0.2) is 0 Å². The lowest BCUT2D eigenvalue weighted by Crippen LogP contribution is -2.60. The van der Waals surface area contributed by atoms with Gasteiger partial charge < -0.3 is 37.0 Å². The molecule has 13 heteroatoms. The quantitative estimate of drug-likeness (QED) is 0.137. The van der Waals surface area contributed by atoms with Gasteiger partial charge in [0.05, 0.1) is 12.1 Å². The summed E-state index contributed by atoms with van der Waals surface area (Å²) in [6.07, 6.45) is -2.06. The Morgan fingerprint density at radius 2 is 1.53 bits per heavy atom. The van der Waals surface area contributed by atoms with Gasteiger partial charge in [-0.2, -0.15) is 12.6 Å². The molecule has 0 saturated carbocycles. The van der Waals surface area contributed by atoms with E-state index in [0.717, 1.165) is 5.56 Å². The second kappa shape index (κ2) is 14.2. The van der Waals surface area contributed by atoms with E-state index in [1.807, 2.05) is 0 Å². The van der Waals surface area contributed by atoms with Crippen LogP contribution in [0.3, 0.4) is 0 Å². The summed E-state index contributed by atoms with van der Waals surface area (Å²) in [7, 11) is 0. The summed E-state index contributed by atoms with van der Waals surface area (Å²) in [5, 5.41) is 34.8. The zero-order valence-corrected chi connectivity index (χ0v) is 19.4. The van der Waals surface area contributed by atoms with E-state index in [-0.39, 0.29) is 18.6 Å². The summed E-state index contributed by atoms with van der Waals surface area (Å²) < 4.78 is 0. The largest absolute Gasteiger partial charge is 0.481 e. The van der Waals surface area contributed by atoms with Gasteiger partial charge in [0.1, 0.15) is 18.1 Å². The molecule has 0 spiro atoms. The summed E-state index contributed by atoms with van der Waals surface area (Å²) in [6, 6.07) is 3.52. The van der Waals surface area contributed by atoms with E-state index < -0.39 is 66.4 Å². The van der Waals surface area contributed by atoms with Crippen molar-refractivity contribution in [3.63, 3.8) is 0 Å². The summed E-state index contributed by atoms with van der Waals surface area (Å²) in [5.74, 6) is -5.47. The molecule has 1 rings (SSSR count). The van der Waals surface area contributed by atoms with E-state index in [1.165, 1.54) is 6.92 Å². The van der Waals surface area contributed by atoms with Gasteiger partial charge in [-0.15, -0.1) is 0 Å². The van der Waals surface area contributed by atoms with Gasteiger partial charge in [-0.25, -0.2) is 4.79 Å². The molecule has 0 radical (unpaired) electrons. The molecule has 5 unspecified atom stereocenters. The van der Waals surface area contributed by atoms with Crippen molar-refractivity contribution in [2.75, 3.05) is 5.75 Å². The lowest BCUT2D eigenvalue weighted by molar-refractivity contribution is -0.142. The molecule has 0 saturated heterocycles. The summed E-state index contributed by atoms with van der Waals surface area (Å²) in [6.45, 7) is 1.20. The monoisotopic (exact) mass is 498 g/mol. The first-order chi connectivity index (χ1) is 16.0. The zero-order valence-electron chi connectivity index (χ0n) is 18.5. The molecule has 0 heterocycles. The second-order valence-electron chi connectivity index (χ2n) is 7.60. The summed E-state index contributed by atoms with van der Waals surface area (Å²) in [5.41, 5.74) is 6.70. The van der Waals surface area contributed by atoms with Crippen molar-refractivity contribution in [1.82, 2.24) is 16.0 Å². The highest BCUT2D eigenvalue weighted by Gasteiger charge is 2.32. The van der Waals surface area contributed by atoms with Gasteiger partial charge in [-0.1, -0.05) is 30.3 Å². The minimum Gasteiger partial charge on any atom is -0.481 e. The molecule has 1 aromatic rings. The Kier molecular flexibility index (Phi) is 12.0. The van der Waals surface area contributed by atoms with Crippen molar-refractivity contribution in [3.05, 3.63) is 35.9 Å². The Bertz CT molecular complexity index is 868. The minimum absolute atomic E-state index is 0.166. The molecule has 5 atom stereocenters. The van der Waals surface area contributed by atoms with Crippen molar-refractivity contribution in [2.45, 2.75) is 56.5 Å². The number of aliphatic hydroxyl groups is 1. The third-order valence-electron chi connectivity index (χ3n) is 4.77. The topological polar surface area (TPSA) is 208 Å². The van der Waals surface area contributed by atoms with Crippen LogP contribution in [0, 0.1) is 0 Å². The van der Waals surface area contributed by atoms with Crippen LogP contribution in [0.5, 0.6) is 0 Å². The van der Waals surface area contributed by atoms with Crippen LogP contribution in [0.4, 0.5) is 0 Å². The molecule has 0 aliphatic heterocycles. The highest BCUT2D eigenvalue weighted by Crippen LogP contribution is 2.05. The number of nitrogens with one attached hydrogen (secondary N) is 3. The number of aliphatic carboxylic acids is 2. The molecular formula is C21H30N4O8S. The number of hydrogen-bond donors (Lipinski definition) is 8. The number of carbonyl (C=O) groups excluding carboxylic acids is 3. The van der Waals surface area contributed by atoms with Gasteiger partial charge in [0.25, 0.3) is 0 Å². The first-order valence-electron chi connectivity index (χ1n) is 10.4. The molecule has 0 aliphatic carbocycles. The predicted molar refractivity (Wildman–Crippen MR) is 124 cm³/mol. The average Bonchev–Trinajstić information content (AvgIpc) is 2.77. The van der Waals surface area contributed by atoms with Crippen LogP contribution in [-0.2, 0) is 30.4 Å². The van der Waals surface area contributed by atoms with Gasteiger partial charge in [0.2, 0.25) is 17.7 Å². The van der Waals surface area contributed by atoms with E-state index in [1.54, 1.807) is 30.3 Å². The number of carboxylic acid groups (broad SMARTS) is 2. The van der Waals surface area contributed by atoms with Crippen molar-refractivity contribution >= 4 is 42.3 Å². The SMILES string of the molecule is CC(O)C(NC(=O)C(CCC(=O)O)NC(=O)C(N)Cc1ccccc1)C(=O)NC(CS)C(=O)O. The standard InChI is InChI=1S/C21H30N4O8S/c1-11(26)17(20(31)24-15(10-34)21(32)33)25-19(30)14(7-8-16(27)28)23-18(29)13(22)9-12-5-3-2-4-6-12/h2-6,11,13-15,17,26,34H,7-10,22H2,1H3,(H,23,29)(H,24,31)(H,25,30)(H,27,28)(H,32,33). The van der Waals surface area contributed by atoms with Crippen molar-refractivity contribution < 1.29 is 39.3 Å². The van der Waals surface area contributed by atoms with E-state index in [0.29, 0.717) is 0 Å². The van der Waals surface area contributed by atoms with Crippen LogP contribution >= 0.6 is 12.6 Å². The molecule has 0 fully saturated rings. The van der Waals surface area contributed by atoms with Crippen LogP contribution in [0.15, 0.2) is 30.3 Å². The Labute approximate surface area is 201 Å². The number of nitrogens with two attached hydrogens (primary N) is 1. The Morgan fingerprint density at radius 3 is 2.03 bits per heavy atom. The normalized spacial score (nSPS) is 15.2. The number of hydrogen-bond acceptors (Lipinski definition) is 8. The molecule has 0 bridgehead atoms. The first kappa shape index (κ1) is 28.9. The maximum atomic E-state index is 12.8. The lowest BCUT2D eigenvalue weighted by atomic mass is 10.0. The van der Waals surface area contributed by atoms with Crippen molar-refractivity contribution in [3.8, 4) is 0 Å². The lowest BCUT2D eigenvalue weighted by Gasteiger charge is -2.26. The number of benzene rings is 1. The first-order valence-corrected chi connectivity index (χ1v) is 11.0. The molecule has 188 valence electrons. The molecule has 0 aliphatic rings. The van der Waals surface area contributed by atoms with Crippen LogP contribution in [0.25, 0.3) is 0 Å². The number of carbonyl (C=O) groups is 5. The molecule has 34 heavy (non-hydrogen) atoms. The number of rotatable bonds is 14. The van der Waals surface area contributed by atoms with Crippen LogP contribution < -0.4 is 21.7 Å². The molecule has 3 amide bonds. The number of thiol groups is 1. The maximum absolute atomic E-state index is 12.8. The van der Waals surface area contributed by atoms with Crippen LogP contribution in [0.2, 0.25) is 0 Å². The van der Waals surface area contributed by atoms with E-state index in [9.17, 15) is 29.1 Å². The van der Waals surface area contributed by atoms with E-state index in [4.69, 9.17) is 15.9 Å². The highest BCUT2D eigenvalue weighted by atomic mass is 32.1. The number of carboxylic acids is 2. The Morgan fingerprint density at radius 1 is 0.941 bits per heavy atom. The third kappa shape index (κ3) is 9.77. The third-order valence-corrected chi connectivity index (χ3v) is 5.14. The maximum Gasteiger partial charge on any atom is 0.327 e. The molecule has 12 nitrogen and oxygen atoms in total.